The molecule has 0 aliphatic carbocycles. The Hall–Kier alpha value is -3.28. The molecule has 2 aromatic carbocycles. The lowest BCUT2D eigenvalue weighted by molar-refractivity contribution is 0.0938. The van der Waals surface area contributed by atoms with Gasteiger partial charge in [0.1, 0.15) is 5.58 Å². The van der Waals surface area contributed by atoms with Crippen LogP contribution in [0.5, 0.6) is 11.5 Å². The topological polar surface area (TPSA) is 77.8 Å². The Bertz CT molecular complexity index is 1120. The number of para-hydroxylation sites is 1. The van der Waals surface area contributed by atoms with Crippen LogP contribution in [0, 0.1) is 0 Å². The van der Waals surface area contributed by atoms with Gasteiger partial charge < -0.3 is 19.2 Å². The molecular weight excluding hydrogens is 370 g/mol. The summed E-state index contributed by atoms with van der Waals surface area (Å²) in [7, 11) is 1.57. The summed E-state index contributed by atoms with van der Waals surface area (Å²) in [6.45, 7) is 2.75. The highest BCUT2D eigenvalue weighted by molar-refractivity contribution is 5.98. The molecule has 1 atom stereocenters. The van der Waals surface area contributed by atoms with Crippen molar-refractivity contribution in [3.63, 3.8) is 0 Å². The second-order valence-electron chi connectivity index (χ2n) is 7.04. The number of ether oxygens (including phenoxy) is 2. The maximum atomic E-state index is 13.1. The molecule has 1 aromatic heterocycles. The second kappa shape index (κ2) is 7.99. The predicted molar refractivity (Wildman–Crippen MR) is 110 cm³/mol. The average Bonchev–Trinajstić information content (AvgIpc) is 3.08. The molecule has 3 aromatic rings. The maximum absolute atomic E-state index is 13.1. The molecular formula is C23H23NO5. The highest BCUT2D eigenvalue weighted by atomic mass is 16.5. The number of rotatable bonds is 7. The van der Waals surface area contributed by atoms with E-state index in [-0.39, 0.29) is 11.2 Å². The lowest BCUT2D eigenvalue weighted by atomic mass is 9.99. The normalized spacial score (nSPS) is 15.2. The quantitative estimate of drug-likeness (QED) is 0.609. The number of fused-ring (bicyclic) bond motifs is 2. The van der Waals surface area contributed by atoms with Gasteiger partial charge in [0.15, 0.2) is 16.9 Å². The first-order chi connectivity index (χ1) is 14.1. The van der Waals surface area contributed by atoms with Crippen molar-refractivity contribution in [2.24, 2.45) is 0 Å². The summed E-state index contributed by atoms with van der Waals surface area (Å²) >= 11 is 0. The number of unbranched alkanes of at least 4 members (excludes halogenated alkanes) is 2. The Morgan fingerprint density at radius 3 is 2.69 bits per heavy atom. The van der Waals surface area contributed by atoms with Gasteiger partial charge >= 0.3 is 0 Å². The van der Waals surface area contributed by atoms with Gasteiger partial charge in [0.05, 0.1) is 30.7 Å². The number of nitrogens with one attached hydrogen (secondary N) is 1. The summed E-state index contributed by atoms with van der Waals surface area (Å²) < 4.78 is 17.0. The number of amides is 1. The van der Waals surface area contributed by atoms with Crippen LogP contribution in [0.4, 0.5) is 0 Å². The minimum atomic E-state index is -0.596. The minimum Gasteiger partial charge on any atom is -0.493 e. The third-order valence-electron chi connectivity index (χ3n) is 5.13. The van der Waals surface area contributed by atoms with Crippen LogP contribution in [-0.4, -0.2) is 19.6 Å². The summed E-state index contributed by atoms with van der Waals surface area (Å²) in [5.41, 5.74) is 1.26. The molecule has 4 rings (SSSR count). The van der Waals surface area contributed by atoms with Gasteiger partial charge in [0.25, 0.3) is 5.91 Å². The van der Waals surface area contributed by atoms with Crippen molar-refractivity contribution in [2.45, 2.75) is 32.2 Å². The molecule has 1 amide bonds. The van der Waals surface area contributed by atoms with Gasteiger partial charge in [0.2, 0.25) is 5.76 Å². The zero-order valence-corrected chi connectivity index (χ0v) is 16.5. The first-order valence-corrected chi connectivity index (χ1v) is 9.81. The van der Waals surface area contributed by atoms with Gasteiger partial charge in [-0.25, -0.2) is 0 Å². The van der Waals surface area contributed by atoms with E-state index >= 15 is 0 Å². The molecule has 0 bridgehead atoms. The SMILES string of the molecule is CCCCCOc1ccc(C2NC(=O)c3oc4ccccc4c(=O)c32)cc1OC. The Morgan fingerprint density at radius 1 is 1.07 bits per heavy atom. The van der Waals surface area contributed by atoms with Gasteiger partial charge in [-0.2, -0.15) is 0 Å². The first-order valence-electron chi connectivity index (χ1n) is 9.81. The van der Waals surface area contributed by atoms with Gasteiger partial charge in [-0.05, 0) is 36.2 Å². The fourth-order valence-corrected chi connectivity index (χ4v) is 3.62. The van der Waals surface area contributed by atoms with Crippen LogP contribution in [0.1, 0.15) is 53.9 Å². The largest absolute Gasteiger partial charge is 0.493 e. The molecule has 1 N–H and O–H groups in total. The van der Waals surface area contributed by atoms with Crippen LogP contribution in [0.2, 0.25) is 0 Å². The maximum Gasteiger partial charge on any atom is 0.288 e. The number of carbonyl (C=O) groups excluding carboxylic acids is 1. The Balaban J connectivity index is 1.71. The van der Waals surface area contributed by atoms with Crippen molar-refractivity contribution < 1.29 is 18.7 Å². The van der Waals surface area contributed by atoms with E-state index in [4.69, 9.17) is 13.9 Å². The van der Waals surface area contributed by atoms with Crippen molar-refractivity contribution in [1.82, 2.24) is 5.32 Å². The van der Waals surface area contributed by atoms with Crippen LogP contribution < -0.4 is 20.2 Å². The van der Waals surface area contributed by atoms with Crippen molar-refractivity contribution in [3.8, 4) is 11.5 Å². The van der Waals surface area contributed by atoms with Crippen molar-refractivity contribution >= 4 is 16.9 Å². The van der Waals surface area contributed by atoms with Crippen LogP contribution in [0.3, 0.4) is 0 Å². The zero-order chi connectivity index (χ0) is 20.4. The van der Waals surface area contributed by atoms with Crippen molar-refractivity contribution in [1.29, 1.82) is 0 Å². The van der Waals surface area contributed by atoms with Crippen LogP contribution in [-0.2, 0) is 0 Å². The lowest BCUT2D eigenvalue weighted by Crippen LogP contribution is -2.22. The number of carbonyl (C=O) groups is 1. The fraction of sp³-hybridized carbons (Fsp3) is 0.304. The molecule has 0 radical (unpaired) electrons. The molecule has 0 saturated heterocycles. The standard InChI is InChI=1S/C23H23NO5/c1-3-4-7-12-28-17-11-10-14(13-18(17)27-2)20-19-21(25)15-8-5-6-9-16(15)29-22(19)23(26)24-20/h5-6,8-11,13,20H,3-4,7,12H2,1-2H3,(H,24,26). The molecule has 0 saturated carbocycles. The van der Waals surface area contributed by atoms with Crippen LogP contribution in [0.25, 0.3) is 11.0 Å². The van der Waals surface area contributed by atoms with E-state index in [2.05, 4.69) is 12.2 Å². The minimum absolute atomic E-state index is 0.0672. The number of benzene rings is 2. The predicted octanol–water partition coefficient (Wildman–Crippen LogP) is 4.20. The molecule has 2 heterocycles. The Morgan fingerprint density at radius 2 is 1.90 bits per heavy atom. The Kier molecular flexibility index (Phi) is 5.25. The highest BCUT2D eigenvalue weighted by Crippen LogP contribution is 2.36. The van der Waals surface area contributed by atoms with E-state index in [0.29, 0.717) is 34.6 Å². The second-order valence-corrected chi connectivity index (χ2v) is 7.04. The average molecular weight is 393 g/mol. The molecule has 6 nitrogen and oxygen atoms in total. The monoisotopic (exact) mass is 393 g/mol. The molecule has 0 fully saturated rings. The van der Waals surface area contributed by atoms with E-state index < -0.39 is 11.9 Å². The van der Waals surface area contributed by atoms with Crippen LogP contribution >= 0.6 is 0 Å². The Labute approximate surface area is 168 Å². The molecule has 1 aliphatic rings. The summed E-state index contributed by atoms with van der Waals surface area (Å²) in [4.78, 5) is 25.5. The summed E-state index contributed by atoms with van der Waals surface area (Å²) in [6, 6.07) is 11.8. The lowest BCUT2D eigenvalue weighted by Gasteiger charge is -2.16. The fourth-order valence-electron chi connectivity index (χ4n) is 3.62. The smallest absolute Gasteiger partial charge is 0.288 e. The molecule has 6 heteroatoms. The van der Waals surface area contributed by atoms with Gasteiger partial charge in [-0.15, -0.1) is 0 Å². The van der Waals surface area contributed by atoms with Gasteiger partial charge in [-0.1, -0.05) is 38.0 Å². The van der Waals surface area contributed by atoms with E-state index in [1.165, 1.54) is 0 Å². The third kappa shape index (κ3) is 3.46. The highest BCUT2D eigenvalue weighted by Gasteiger charge is 2.36. The number of methoxy groups -OCH3 is 1. The third-order valence-corrected chi connectivity index (χ3v) is 5.13. The molecule has 0 spiro atoms. The number of hydrogen-bond acceptors (Lipinski definition) is 5. The van der Waals surface area contributed by atoms with Crippen molar-refractivity contribution in [3.05, 3.63) is 69.6 Å². The zero-order valence-electron chi connectivity index (χ0n) is 16.5. The van der Waals surface area contributed by atoms with Crippen molar-refractivity contribution in [2.75, 3.05) is 13.7 Å². The summed E-state index contributed by atoms with van der Waals surface area (Å²) in [6.07, 6.45) is 3.20. The van der Waals surface area contributed by atoms with E-state index in [0.717, 1.165) is 24.8 Å². The summed E-state index contributed by atoms with van der Waals surface area (Å²) in [5.74, 6) is 0.874. The van der Waals surface area contributed by atoms with E-state index in [1.807, 2.05) is 12.1 Å². The summed E-state index contributed by atoms with van der Waals surface area (Å²) in [5, 5.41) is 3.31. The molecule has 1 aliphatic heterocycles. The molecule has 150 valence electrons. The van der Waals surface area contributed by atoms with E-state index in [1.54, 1.807) is 37.4 Å². The van der Waals surface area contributed by atoms with Gasteiger partial charge in [0, 0.05) is 0 Å². The van der Waals surface area contributed by atoms with Gasteiger partial charge in [-0.3, -0.25) is 9.59 Å². The first kappa shape index (κ1) is 19.1. The number of hydrogen-bond donors (Lipinski definition) is 1. The van der Waals surface area contributed by atoms with E-state index in [9.17, 15) is 9.59 Å². The molecule has 1 unspecified atom stereocenters. The molecule has 29 heavy (non-hydrogen) atoms. The van der Waals surface area contributed by atoms with Crippen LogP contribution in [0.15, 0.2) is 51.7 Å².